The largest absolute Gasteiger partial charge is 0.354 e. The average Bonchev–Trinajstić information content (AvgIpc) is 3.17. The summed E-state index contributed by atoms with van der Waals surface area (Å²) in [6, 6.07) is 13.5. The summed E-state index contributed by atoms with van der Waals surface area (Å²) >= 11 is 6.08. The van der Waals surface area contributed by atoms with Gasteiger partial charge in [0.15, 0.2) is 5.65 Å². The highest BCUT2D eigenvalue weighted by atomic mass is 35.5. The Kier molecular flexibility index (Phi) is 6.08. The van der Waals surface area contributed by atoms with Gasteiger partial charge in [-0.15, -0.1) is 0 Å². The fraction of sp³-hybridized carbons (Fsp3) is 0.182. The minimum atomic E-state index is -0.377. The van der Waals surface area contributed by atoms with Gasteiger partial charge in [-0.1, -0.05) is 48.0 Å². The first-order valence-electron chi connectivity index (χ1n) is 9.67. The second-order valence-corrected chi connectivity index (χ2v) is 7.40. The molecule has 0 radical (unpaired) electrons. The third-order valence-corrected chi connectivity index (χ3v) is 5.24. The van der Waals surface area contributed by atoms with Crippen LogP contribution in [0.1, 0.15) is 11.1 Å². The monoisotopic (exact) mass is 439 g/mol. The summed E-state index contributed by atoms with van der Waals surface area (Å²) in [5.41, 5.74) is 1.26. The highest BCUT2D eigenvalue weighted by molar-refractivity contribution is 6.31. The number of aromatic nitrogens is 4. The predicted molar refractivity (Wildman–Crippen MR) is 115 cm³/mol. The molecule has 2 heterocycles. The number of carbonyl (C=O) groups is 1. The van der Waals surface area contributed by atoms with E-state index < -0.39 is 0 Å². The van der Waals surface area contributed by atoms with Crippen LogP contribution >= 0.6 is 11.6 Å². The molecule has 0 saturated carbocycles. The quantitative estimate of drug-likeness (QED) is 0.480. The third kappa shape index (κ3) is 4.64. The van der Waals surface area contributed by atoms with Crippen LogP contribution < -0.4 is 10.9 Å². The molecule has 31 heavy (non-hydrogen) atoms. The maximum Gasteiger partial charge on any atom is 0.264 e. The average molecular weight is 440 g/mol. The molecule has 1 N–H and O–H groups in total. The lowest BCUT2D eigenvalue weighted by Crippen LogP contribution is -2.29. The van der Waals surface area contributed by atoms with E-state index >= 15 is 0 Å². The molecule has 7 nitrogen and oxygen atoms in total. The van der Waals surface area contributed by atoms with Crippen LogP contribution in [0.4, 0.5) is 4.39 Å². The van der Waals surface area contributed by atoms with Gasteiger partial charge in [-0.2, -0.15) is 5.10 Å². The second-order valence-electron chi connectivity index (χ2n) is 6.99. The summed E-state index contributed by atoms with van der Waals surface area (Å²) in [5.74, 6) is -0.539. The molecule has 0 aliphatic carbocycles. The van der Waals surface area contributed by atoms with Crippen LogP contribution in [-0.2, 0) is 24.3 Å². The van der Waals surface area contributed by atoms with Crippen LogP contribution in [0.15, 0.2) is 65.8 Å². The third-order valence-electron chi connectivity index (χ3n) is 4.88. The van der Waals surface area contributed by atoms with Gasteiger partial charge >= 0.3 is 0 Å². The fourth-order valence-electron chi connectivity index (χ4n) is 3.26. The van der Waals surface area contributed by atoms with E-state index in [9.17, 15) is 14.0 Å². The van der Waals surface area contributed by atoms with Gasteiger partial charge in [0.2, 0.25) is 5.91 Å². The first kappa shape index (κ1) is 20.7. The molecule has 0 spiro atoms. The first-order chi connectivity index (χ1) is 15.0. The molecule has 0 aliphatic rings. The molecule has 0 fully saturated rings. The number of hydrogen-bond acceptors (Lipinski definition) is 4. The van der Waals surface area contributed by atoms with Crippen molar-refractivity contribution in [3.05, 3.63) is 93.4 Å². The second kappa shape index (κ2) is 9.09. The van der Waals surface area contributed by atoms with E-state index in [1.54, 1.807) is 35.0 Å². The standard InChI is InChI=1S/C22H19ClFN5O2/c23-18-7-3-1-5-15(18)11-20(30)25-9-10-29-21-17(12-27-29)22(31)28(14-26-21)13-16-6-2-4-8-19(16)24/h1-8,12,14H,9-11,13H2,(H,25,30). The number of hydrogen-bond donors (Lipinski definition) is 1. The van der Waals surface area contributed by atoms with Crippen molar-refractivity contribution in [3.8, 4) is 0 Å². The lowest BCUT2D eigenvalue weighted by molar-refractivity contribution is -0.120. The molecule has 0 aliphatic heterocycles. The molecule has 158 valence electrons. The normalized spacial score (nSPS) is 11.0. The molecule has 2 aromatic carbocycles. The predicted octanol–water partition coefficient (Wildman–Crippen LogP) is 2.79. The van der Waals surface area contributed by atoms with Crippen LogP contribution in [0.3, 0.4) is 0 Å². The van der Waals surface area contributed by atoms with Gasteiger partial charge in [0.1, 0.15) is 17.5 Å². The smallest absolute Gasteiger partial charge is 0.264 e. The molecular weight excluding hydrogens is 421 g/mol. The van der Waals surface area contributed by atoms with Crippen LogP contribution in [-0.4, -0.2) is 31.8 Å². The molecule has 4 aromatic rings. The molecule has 0 atom stereocenters. The van der Waals surface area contributed by atoms with E-state index in [4.69, 9.17) is 11.6 Å². The first-order valence-corrected chi connectivity index (χ1v) is 10.0. The maximum absolute atomic E-state index is 13.9. The fourth-order valence-corrected chi connectivity index (χ4v) is 3.46. The van der Waals surface area contributed by atoms with Crippen molar-refractivity contribution in [2.24, 2.45) is 0 Å². The highest BCUT2D eigenvalue weighted by Crippen LogP contribution is 2.15. The van der Waals surface area contributed by atoms with Crippen molar-refractivity contribution in [3.63, 3.8) is 0 Å². The Morgan fingerprint density at radius 1 is 1.10 bits per heavy atom. The lowest BCUT2D eigenvalue weighted by atomic mass is 10.1. The molecule has 2 aromatic heterocycles. The van der Waals surface area contributed by atoms with Gasteiger partial charge in [-0.25, -0.2) is 14.1 Å². The number of benzene rings is 2. The topological polar surface area (TPSA) is 81.8 Å². The lowest BCUT2D eigenvalue weighted by Gasteiger charge is -2.08. The van der Waals surface area contributed by atoms with Gasteiger partial charge in [0.05, 0.1) is 25.7 Å². The highest BCUT2D eigenvalue weighted by Gasteiger charge is 2.12. The molecule has 0 unspecified atom stereocenters. The Bertz CT molecular complexity index is 1300. The van der Waals surface area contributed by atoms with Crippen LogP contribution in [0.2, 0.25) is 5.02 Å². The summed E-state index contributed by atoms with van der Waals surface area (Å²) in [6.07, 6.45) is 3.00. The van der Waals surface area contributed by atoms with Gasteiger partial charge in [0.25, 0.3) is 5.56 Å². The van der Waals surface area contributed by atoms with E-state index in [0.717, 1.165) is 5.56 Å². The number of rotatable bonds is 7. The zero-order chi connectivity index (χ0) is 21.8. The van der Waals surface area contributed by atoms with E-state index in [1.165, 1.54) is 23.2 Å². The molecule has 0 saturated heterocycles. The Balaban J connectivity index is 1.42. The number of amides is 1. The SMILES string of the molecule is O=C(Cc1ccccc1Cl)NCCn1ncc2c(=O)n(Cc3ccccc3F)cnc21. The van der Waals surface area contributed by atoms with E-state index in [2.05, 4.69) is 15.4 Å². The molecule has 0 bridgehead atoms. The molecule has 9 heteroatoms. The Morgan fingerprint density at radius 2 is 1.84 bits per heavy atom. The number of nitrogens with zero attached hydrogens (tertiary/aromatic N) is 4. The minimum absolute atomic E-state index is 0.0811. The van der Waals surface area contributed by atoms with E-state index in [-0.39, 0.29) is 30.2 Å². The Morgan fingerprint density at radius 3 is 2.61 bits per heavy atom. The number of halogens is 2. The number of carbonyl (C=O) groups excluding carboxylic acids is 1. The van der Waals surface area contributed by atoms with Crippen LogP contribution in [0.5, 0.6) is 0 Å². The molecular formula is C22H19ClFN5O2. The summed E-state index contributed by atoms with van der Waals surface area (Å²) in [6.45, 7) is 0.749. The maximum atomic E-state index is 13.9. The van der Waals surface area contributed by atoms with Gasteiger partial charge in [-0.05, 0) is 17.7 Å². The van der Waals surface area contributed by atoms with Crippen molar-refractivity contribution in [1.29, 1.82) is 0 Å². The number of nitrogens with one attached hydrogen (secondary N) is 1. The van der Waals surface area contributed by atoms with Crippen molar-refractivity contribution in [1.82, 2.24) is 24.6 Å². The van der Waals surface area contributed by atoms with E-state index in [0.29, 0.717) is 34.7 Å². The van der Waals surface area contributed by atoms with Gasteiger partial charge in [-0.3, -0.25) is 14.2 Å². The summed E-state index contributed by atoms with van der Waals surface area (Å²) < 4.78 is 16.8. The number of fused-ring (bicyclic) bond motifs is 1. The Hall–Kier alpha value is -3.52. The molecule has 4 rings (SSSR count). The van der Waals surface area contributed by atoms with Crippen LogP contribution in [0, 0.1) is 5.82 Å². The Labute approximate surface area is 182 Å². The van der Waals surface area contributed by atoms with Crippen molar-refractivity contribution < 1.29 is 9.18 Å². The van der Waals surface area contributed by atoms with Gasteiger partial charge in [0, 0.05) is 17.1 Å². The molecule has 1 amide bonds. The summed E-state index contributed by atoms with van der Waals surface area (Å²) in [7, 11) is 0. The zero-order valence-electron chi connectivity index (χ0n) is 16.5. The summed E-state index contributed by atoms with van der Waals surface area (Å²) in [4.78, 5) is 29.2. The van der Waals surface area contributed by atoms with Crippen molar-refractivity contribution >= 4 is 28.5 Å². The van der Waals surface area contributed by atoms with E-state index in [1.807, 2.05) is 12.1 Å². The van der Waals surface area contributed by atoms with Crippen molar-refractivity contribution in [2.75, 3.05) is 6.54 Å². The van der Waals surface area contributed by atoms with Gasteiger partial charge < -0.3 is 5.32 Å². The summed E-state index contributed by atoms with van der Waals surface area (Å²) in [5, 5.41) is 7.91. The minimum Gasteiger partial charge on any atom is -0.354 e. The van der Waals surface area contributed by atoms with Crippen LogP contribution in [0.25, 0.3) is 11.0 Å². The van der Waals surface area contributed by atoms with Crippen molar-refractivity contribution in [2.45, 2.75) is 19.5 Å². The zero-order valence-corrected chi connectivity index (χ0v) is 17.2.